The lowest BCUT2D eigenvalue weighted by Gasteiger charge is -2.27. The molecule has 3 amide bonds. The standard InChI is InChI=1S/C13H11N3O2/c17-12-5-7-16(13(18)15-12)11-3-1-2-9-4-6-14-8-10(9)11/h1-4,6,8H,5,7H2,(H,15,17,18). The average Bonchev–Trinajstić information content (AvgIpc) is 2.38. The number of carbonyl (C=O) groups is 2. The number of benzene rings is 1. The van der Waals surface area contributed by atoms with Crippen molar-refractivity contribution >= 4 is 28.4 Å². The minimum absolute atomic E-state index is 0.227. The van der Waals surface area contributed by atoms with E-state index < -0.39 is 0 Å². The molecule has 5 heteroatoms. The lowest BCUT2D eigenvalue weighted by atomic mass is 10.1. The predicted molar refractivity (Wildman–Crippen MR) is 67.2 cm³/mol. The summed E-state index contributed by atoms with van der Waals surface area (Å²) < 4.78 is 0. The van der Waals surface area contributed by atoms with Crippen LogP contribution in [0.3, 0.4) is 0 Å². The summed E-state index contributed by atoms with van der Waals surface area (Å²) in [6.07, 6.45) is 3.77. The predicted octanol–water partition coefficient (Wildman–Crippen LogP) is 1.68. The molecule has 1 aromatic carbocycles. The van der Waals surface area contributed by atoms with Crippen LogP contribution in [0.1, 0.15) is 6.42 Å². The number of aromatic nitrogens is 1. The van der Waals surface area contributed by atoms with E-state index >= 15 is 0 Å². The molecule has 1 N–H and O–H groups in total. The number of imide groups is 1. The second kappa shape index (κ2) is 4.10. The highest BCUT2D eigenvalue weighted by Gasteiger charge is 2.25. The zero-order valence-electron chi connectivity index (χ0n) is 9.59. The fourth-order valence-corrected chi connectivity index (χ4v) is 2.13. The van der Waals surface area contributed by atoms with Gasteiger partial charge in [0.05, 0.1) is 5.69 Å². The van der Waals surface area contributed by atoms with Crippen LogP contribution in [0.25, 0.3) is 10.8 Å². The monoisotopic (exact) mass is 241 g/mol. The molecule has 0 unspecified atom stereocenters. The fourth-order valence-electron chi connectivity index (χ4n) is 2.13. The van der Waals surface area contributed by atoms with E-state index in [0.717, 1.165) is 16.5 Å². The maximum absolute atomic E-state index is 11.8. The third kappa shape index (κ3) is 1.69. The topological polar surface area (TPSA) is 62.3 Å². The summed E-state index contributed by atoms with van der Waals surface area (Å²) >= 11 is 0. The maximum atomic E-state index is 11.8. The first-order chi connectivity index (χ1) is 8.75. The van der Waals surface area contributed by atoms with Gasteiger partial charge in [0.15, 0.2) is 0 Å². The van der Waals surface area contributed by atoms with E-state index in [1.807, 2.05) is 24.3 Å². The minimum atomic E-state index is -0.373. The van der Waals surface area contributed by atoms with Gasteiger partial charge in [0.25, 0.3) is 0 Å². The second-order valence-corrected chi connectivity index (χ2v) is 4.13. The third-order valence-electron chi connectivity index (χ3n) is 3.01. The van der Waals surface area contributed by atoms with Gasteiger partial charge in [-0.25, -0.2) is 4.79 Å². The summed E-state index contributed by atoms with van der Waals surface area (Å²) in [6.45, 7) is 0.401. The molecule has 5 nitrogen and oxygen atoms in total. The van der Waals surface area contributed by atoms with Gasteiger partial charge in [-0.1, -0.05) is 12.1 Å². The minimum Gasteiger partial charge on any atom is -0.293 e. The van der Waals surface area contributed by atoms with E-state index in [9.17, 15) is 9.59 Å². The van der Waals surface area contributed by atoms with Crippen LogP contribution in [0.4, 0.5) is 10.5 Å². The number of fused-ring (bicyclic) bond motifs is 1. The van der Waals surface area contributed by atoms with Crippen LogP contribution in [-0.4, -0.2) is 23.5 Å². The molecular formula is C13H11N3O2. The van der Waals surface area contributed by atoms with Gasteiger partial charge >= 0.3 is 6.03 Å². The van der Waals surface area contributed by atoms with Crippen molar-refractivity contribution < 1.29 is 9.59 Å². The number of amides is 3. The molecule has 2 aromatic rings. The SMILES string of the molecule is O=C1CCN(c2cccc3ccncc23)C(=O)N1. The van der Waals surface area contributed by atoms with Crippen LogP contribution in [0.2, 0.25) is 0 Å². The van der Waals surface area contributed by atoms with Crippen LogP contribution < -0.4 is 10.2 Å². The molecule has 1 aromatic heterocycles. The third-order valence-corrected chi connectivity index (χ3v) is 3.01. The van der Waals surface area contributed by atoms with Crippen LogP contribution in [0, 0.1) is 0 Å². The normalized spacial score (nSPS) is 15.9. The lowest BCUT2D eigenvalue weighted by molar-refractivity contribution is -0.120. The van der Waals surface area contributed by atoms with Crippen molar-refractivity contribution in [1.82, 2.24) is 10.3 Å². The Hall–Kier alpha value is -2.43. The molecule has 0 aliphatic carbocycles. The highest BCUT2D eigenvalue weighted by atomic mass is 16.2. The van der Waals surface area contributed by atoms with E-state index in [2.05, 4.69) is 10.3 Å². The van der Waals surface area contributed by atoms with Gasteiger partial charge in [-0.3, -0.25) is 20.0 Å². The Bertz CT molecular complexity index is 634. The quantitative estimate of drug-likeness (QED) is 0.826. The van der Waals surface area contributed by atoms with E-state index in [1.165, 1.54) is 0 Å². The van der Waals surface area contributed by atoms with Crippen molar-refractivity contribution in [2.45, 2.75) is 6.42 Å². The van der Waals surface area contributed by atoms with Crippen molar-refractivity contribution in [3.05, 3.63) is 36.7 Å². The molecule has 18 heavy (non-hydrogen) atoms. The van der Waals surface area contributed by atoms with E-state index in [0.29, 0.717) is 13.0 Å². The van der Waals surface area contributed by atoms with Crippen molar-refractivity contribution in [1.29, 1.82) is 0 Å². The van der Waals surface area contributed by atoms with Crippen molar-refractivity contribution in [3.8, 4) is 0 Å². The van der Waals surface area contributed by atoms with Crippen molar-refractivity contribution in [3.63, 3.8) is 0 Å². The Kier molecular flexibility index (Phi) is 2.44. The Morgan fingerprint density at radius 3 is 2.94 bits per heavy atom. The summed E-state index contributed by atoms with van der Waals surface area (Å²) in [6, 6.07) is 7.24. The fraction of sp³-hybridized carbons (Fsp3) is 0.154. The van der Waals surface area contributed by atoms with Crippen LogP contribution >= 0.6 is 0 Å². The smallest absolute Gasteiger partial charge is 0.293 e. The number of hydrogen-bond acceptors (Lipinski definition) is 3. The van der Waals surface area contributed by atoms with Crippen LogP contribution in [-0.2, 0) is 4.79 Å². The molecule has 0 radical (unpaired) electrons. The van der Waals surface area contributed by atoms with Gasteiger partial charge in [-0.15, -0.1) is 0 Å². The zero-order chi connectivity index (χ0) is 12.5. The number of rotatable bonds is 1. The number of pyridine rings is 1. The molecule has 0 atom stereocenters. The number of hydrogen-bond donors (Lipinski definition) is 1. The van der Waals surface area contributed by atoms with Crippen LogP contribution in [0.15, 0.2) is 36.7 Å². The molecule has 0 bridgehead atoms. The van der Waals surface area contributed by atoms with Gasteiger partial charge in [-0.05, 0) is 17.5 Å². The summed E-state index contributed by atoms with van der Waals surface area (Å²) in [5, 5.41) is 4.25. The summed E-state index contributed by atoms with van der Waals surface area (Å²) in [7, 11) is 0. The molecular weight excluding hydrogens is 230 g/mol. The molecule has 1 fully saturated rings. The zero-order valence-corrected chi connectivity index (χ0v) is 9.59. The molecule has 1 saturated heterocycles. The molecule has 1 aliphatic rings. The van der Waals surface area contributed by atoms with Crippen LogP contribution in [0.5, 0.6) is 0 Å². The first-order valence-electron chi connectivity index (χ1n) is 5.70. The van der Waals surface area contributed by atoms with Gasteiger partial charge < -0.3 is 0 Å². The van der Waals surface area contributed by atoms with Gasteiger partial charge in [0, 0.05) is 30.7 Å². The molecule has 1 aliphatic heterocycles. The van der Waals surface area contributed by atoms with Crippen molar-refractivity contribution in [2.24, 2.45) is 0 Å². The van der Waals surface area contributed by atoms with E-state index in [1.54, 1.807) is 17.3 Å². The Balaban J connectivity index is 2.09. The number of nitrogens with one attached hydrogen (secondary N) is 1. The number of carbonyl (C=O) groups excluding carboxylic acids is 2. The number of urea groups is 1. The number of anilines is 1. The Morgan fingerprint density at radius 1 is 1.22 bits per heavy atom. The summed E-state index contributed by atoms with van der Waals surface area (Å²) in [5.41, 5.74) is 0.783. The van der Waals surface area contributed by atoms with E-state index in [-0.39, 0.29) is 11.9 Å². The first-order valence-corrected chi connectivity index (χ1v) is 5.70. The van der Waals surface area contributed by atoms with Gasteiger partial charge in [0.1, 0.15) is 0 Å². The first kappa shape index (κ1) is 10.7. The van der Waals surface area contributed by atoms with E-state index in [4.69, 9.17) is 0 Å². The second-order valence-electron chi connectivity index (χ2n) is 4.13. The van der Waals surface area contributed by atoms with Gasteiger partial charge in [0.2, 0.25) is 5.91 Å². The highest BCUT2D eigenvalue weighted by molar-refractivity contribution is 6.09. The number of nitrogens with zero attached hydrogens (tertiary/aromatic N) is 2. The molecule has 0 saturated carbocycles. The lowest BCUT2D eigenvalue weighted by Crippen LogP contribution is -2.49. The maximum Gasteiger partial charge on any atom is 0.328 e. The Morgan fingerprint density at radius 2 is 2.11 bits per heavy atom. The molecule has 2 heterocycles. The average molecular weight is 241 g/mol. The largest absolute Gasteiger partial charge is 0.328 e. The summed E-state index contributed by atoms with van der Waals surface area (Å²) in [5.74, 6) is -0.227. The van der Waals surface area contributed by atoms with Gasteiger partial charge in [-0.2, -0.15) is 0 Å². The summed E-state index contributed by atoms with van der Waals surface area (Å²) in [4.78, 5) is 28.6. The molecule has 0 spiro atoms. The van der Waals surface area contributed by atoms with Crippen molar-refractivity contribution in [2.75, 3.05) is 11.4 Å². The Labute approximate surface area is 103 Å². The molecule has 3 rings (SSSR count). The molecule has 90 valence electrons. The highest BCUT2D eigenvalue weighted by Crippen LogP contribution is 2.26.